The predicted molar refractivity (Wildman–Crippen MR) is 238 cm³/mol. The molecular weight excluding hydrogens is 822 g/mol. The van der Waals surface area contributed by atoms with Crippen molar-refractivity contribution in [3.05, 3.63) is 127 Å². The van der Waals surface area contributed by atoms with Crippen molar-refractivity contribution < 1.29 is 24.6 Å². The van der Waals surface area contributed by atoms with E-state index in [0.717, 1.165) is 22.4 Å². The SMILES string of the molecule is CC(C)(C)C(=O)NCc1ccc(N)cc1.CN(CC(O)c1ccc(Cl)c(Cl)c1)C(=O)Nc1ccc(CNC(=O)C(C)(C)C)cc1.CNCC(O)c1ccc(Cl)c(Cl)c1. The van der Waals surface area contributed by atoms with E-state index in [0.29, 0.717) is 51.0 Å². The van der Waals surface area contributed by atoms with Crippen molar-refractivity contribution in [2.45, 2.75) is 66.8 Å². The molecule has 58 heavy (non-hydrogen) atoms. The van der Waals surface area contributed by atoms with E-state index < -0.39 is 17.6 Å². The summed E-state index contributed by atoms with van der Waals surface area (Å²) in [5.74, 6) is 0.0290. The number of carbonyl (C=O) groups is 3. The van der Waals surface area contributed by atoms with Gasteiger partial charge in [-0.15, -0.1) is 0 Å². The van der Waals surface area contributed by atoms with Crippen LogP contribution in [0, 0.1) is 10.8 Å². The van der Waals surface area contributed by atoms with Gasteiger partial charge in [-0.1, -0.05) is 124 Å². The van der Waals surface area contributed by atoms with Gasteiger partial charge in [0.25, 0.3) is 0 Å². The zero-order valence-electron chi connectivity index (χ0n) is 34.2. The molecule has 0 fully saturated rings. The molecular formula is C43H56Cl4N6O5. The van der Waals surface area contributed by atoms with Gasteiger partial charge in [-0.2, -0.15) is 0 Å². The molecule has 4 aromatic carbocycles. The van der Waals surface area contributed by atoms with Gasteiger partial charge in [0.05, 0.1) is 38.8 Å². The van der Waals surface area contributed by atoms with E-state index >= 15 is 0 Å². The number of hydrogen-bond donors (Lipinski definition) is 7. The van der Waals surface area contributed by atoms with Crippen LogP contribution in [0.15, 0.2) is 84.9 Å². The molecule has 4 rings (SSSR count). The van der Waals surface area contributed by atoms with Gasteiger partial charge in [0.2, 0.25) is 11.8 Å². The van der Waals surface area contributed by atoms with Crippen molar-refractivity contribution in [1.82, 2.24) is 20.9 Å². The molecule has 0 heterocycles. The topological polar surface area (TPSA) is 169 Å². The molecule has 0 aliphatic heterocycles. The Morgan fingerprint density at radius 1 is 0.655 bits per heavy atom. The highest BCUT2D eigenvalue weighted by Gasteiger charge is 2.21. The van der Waals surface area contributed by atoms with Crippen molar-refractivity contribution in [1.29, 1.82) is 0 Å². The summed E-state index contributed by atoms with van der Waals surface area (Å²) in [5.41, 5.74) is 9.46. The lowest BCUT2D eigenvalue weighted by Crippen LogP contribution is -2.35. The molecule has 0 bridgehead atoms. The Labute approximate surface area is 362 Å². The number of nitrogen functional groups attached to an aromatic ring is 1. The Hall–Kier alpha value is -4.07. The first-order valence-electron chi connectivity index (χ1n) is 18.4. The summed E-state index contributed by atoms with van der Waals surface area (Å²) in [7, 11) is 3.37. The average molecular weight is 879 g/mol. The van der Waals surface area contributed by atoms with Crippen LogP contribution in [0.1, 0.15) is 76.0 Å². The van der Waals surface area contributed by atoms with Gasteiger partial charge in [0.15, 0.2) is 0 Å². The largest absolute Gasteiger partial charge is 0.399 e. The monoisotopic (exact) mass is 876 g/mol. The number of amides is 4. The average Bonchev–Trinajstić information content (AvgIpc) is 3.16. The van der Waals surface area contributed by atoms with Crippen LogP contribution in [0.4, 0.5) is 16.2 Å². The Bertz CT molecular complexity index is 1930. The standard InChI is InChI=1S/C22H27Cl2N3O3.C12H18N2O.C9H11Cl2NO/c1-22(2,3)20(29)25-12-14-5-8-16(9-6-14)26-21(30)27(4)13-19(28)15-7-10-17(23)18(24)11-15;1-12(2,3)11(15)14-8-9-4-6-10(13)7-5-9;1-12-5-9(13)6-2-3-7(10)8(11)4-6/h5-11,19,28H,12-13H2,1-4H3,(H,25,29)(H,26,30);4-7H,8,13H2,1-3H3,(H,14,15);2-4,9,12-13H,5H2,1H3. The molecule has 4 amide bonds. The summed E-state index contributed by atoms with van der Waals surface area (Å²) < 4.78 is 0. The molecule has 0 aromatic heterocycles. The molecule has 8 N–H and O–H groups in total. The fourth-order valence-corrected chi connectivity index (χ4v) is 5.27. The molecule has 15 heteroatoms. The number of urea groups is 1. The molecule has 11 nitrogen and oxygen atoms in total. The number of benzene rings is 4. The zero-order valence-corrected chi connectivity index (χ0v) is 37.2. The maximum Gasteiger partial charge on any atom is 0.321 e. The molecule has 0 saturated heterocycles. The molecule has 4 aromatic rings. The number of likely N-dealkylation sites (N-methyl/N-ethyl adjacent to an activating group) is 2. The summed E-state index contributed by atoms with van der Waals surface area (Å²) >= 11 is 23.4. The van der Waals surface area contributed by atoms with Gasteiger partial charge >= 0.3 is 6.03 Å². The van der Waals surface area contributed by atoms with Crippen LogP contribution < -0.4 is 27.0 Å². The minimum Gasteiger partial charge on any atom is -0.399 e. The van der Waals surface area contributed by atoms with Crippen LogP contribution in [0.2, 0.25) is 20.1 Å². The maximum atomic E-state index is 12.4. The van der Waals surface area contributed by atoms with Gasteiger partial charge in [0.1, 0.15) is 0 Å². The first-order valence-corrected chi connectivity index (χ1v) is 20.0. The van der Waals surface area contributed by atoms with E-state index in [1.54, 1.807) is 62.6 Å². The molecule has 316 valence electrons. The van der Waals surface area contributed by atoms with E-state index in [1.807, 2.05) is 77.9 Å². The second-order valence-corrected chi connectivity index (χ2v) is 17.2. The third-order valence-corrected chi connectivity index (χ3v) is 9.78. The number of hydrogen-bond acceptors (Lipinski definition) is 7. The van der Waals surface area contributed by atoms with Crippen LogP contribution in [0.25, 0.3) is 0 Å². The lowest BCUT2D eigenvalue weighted by molar-refractivity contribution is -0.129. The first-order chi connectivity index (χ1) is 27.0. The van der Waals surface area contributed by atoms with Crippen molar-refractivity contribution in [3.63, 3.8) is 0 Å². The van der Waals surface area contributed by atoms with Crippen molar-refractivity contribution in [2.75, 3.05) is 38.2 Å². The van der Waals surface area contributed by atoms with E-state index in [1.165, 1.54) is 4.90 Å². The van der Waals surface area contributed by atoms with Gasteiger partial charge in [-0.05, 0) is 77.8 Å². The van der Waals surface area contributed by atoms with Crippen LogP contribution in [-0.4, -0.2) is 60.1 Å². The Morgan fingerprint density at radius 2 is 1.07 bits per heavy atom. The van der Waals surface area contributed by atoms with E-state index in [2.05, 4.69) is 21.3 Å². The number of aliphatic hydroxyl groups is 2. The number of rotatable bonds is 11. The highest BCUT2D eigenvalue weighted by molar-refractivity contribution is 6.42. The molecule has 0 saturated carbocycles. The highest BCUT2D eigenvalue weighted by atomic mass is 35.5. The normalized spacial score (nSPS) is 12.1. The van der Waals surface area contributed by atoms with Crippen molar-refractivity contribution in [3.8, 4) is 0 Å². The summed E-state index contributed by atoms with van der Waals surface area (Å²) in [6, 6.07) is 24.3. The molecule has 0 radical (unpaired) electrons. The summed E-state index contributed by atoms with van der Waals surface area (Å²) in [5, 5.41) is 33.1. The fraction of sp³-hybridized carbons (Fsp3) is 0.372. The van der Waals surface area contributed by atoms with Crippen LogP contribution >= 0.6 is 46.4 Å². The second kappa shape index (κ2) is 23.5. The van der Waals surface area contributed by atoms with Crippen LogP contribution in [-0.2, 0) is 22.7 Å². The van der Waals surface area contributed by atoms with Crippen molar-refractivity contribution >= 4 is 75.6 Å². The third kappa shape index (κ3) is 17.8. The van der Waals surface area contributed by atoms with Gasteiger partial charge in [-0.25, -0.2) is 4.79 Å². The number of halogens is 4. The minimum absolute atomic E-state index is 0.0259. The number of carbonyl (C=O) groups excluding carboxylic acids is 3. The first kappa shape index (κ1) is 50.1. The summed E-state index contributed by atoms with van der Waals surface area (Å²) in [6.45, 7) is 12.8. The number of nitrogens with one attached hydrogen (secondary N) is 4. The Morgan fingerprint density at radius 3 is 1.47 bits per heavy atom. The van der Waals surface area contributed by atoms with Gasteiger partial charge in [0, 0.05) is 48.9 Å². The lowest BCUT2D eigenvalue weighted by Gasteiger charge is -2.22. The summed E-state index contributed by atoms with van der Waals surface area (Å²) in [6.07, 6.45) is -1.44. The number of anilines is 2. The van der Waals surface area contributed by atoms with E-state index in [4.69, 9.17) is 52.1 Å². The van der Waals surface area contributed by atoms with E-state index in [-0.39, 0.29) is 29.8 Å². The minimum atomic E-state index is -0.899. The highest BCUT2D eigenvalue weighted by Crippen LogP contribution is 2.27. The molecule has 0 aliphatic rings. The summed E-state index contributed by atoms with van der Waals surface area (Å²) in [4.78, 5) is 37.3. The van der Waals surface area contributed by atoms with Gasteiger partial charge < -0.3 is 42.1 Å². The molecule has 0 spiro atoms. The number of aliphatic hydroxyl groups excluding tert-OH is 2. The zero-order chi connectivity index (χ0) is 43.8. The molecule has 2 atom stereocenters. The smallest absolute Gasteiger partial charge is 0.321 e. The Kier molecular flexibility index (Phi) is 20.3. The fourth-order valence-electron chi connectivity index (χ4n) is 4.65. The second-order valence-electron chi connectivity index (χ2n) is 15.6. The van der Waals surface area contributed by atoms with Crippen LogP contribution in [0.3, 0.4) is 0 Å². The predicted octanol–water partition coefficient (Wildman–Crippen LogP) is 9.03. The number of nitrogens with zero attached hydrogens (tertiary/aromatic N) is 1. The molecule has 2 unspecified atom stereocenters. The third-order valence-electron chi connectivity index (χ3n) is 8.30. The van der Waals surface area contributed by atoms with Crippen LogP contribution in [0.5, 0.6) is 0 Å². The van der Waals surface area contributed by atoms with Crippen molar-refractivity contribution in [2.24, 2.45) is 10.8 Å². The quantitative estimate of drug-likeness (QED) is 0.0738. The maximum absolute atomic E-state index is 12.4. The Balaban J connectivity index is 0.000000343. The van der Waals surface area contributed by atoms with Gasteiger partial charge in [-0.3, -0.25) is 9.59 Å². The molecule has 0 aliphatic carbocycles. The number of nitrogens with two attached hydrogens (primary N) is 1. The lowest BCUT2D eigenvalue weighted by atomic mass is 9.95. The van der Waals surface area contributed by atoms with E-state index in [9.17, 15) is 24.6 Å².